The Morgan fingerprint density at radius 3 is 2.21 bits per heavy atom. The summed E-state index contributed by atoms with van der Waals surface area (Å²) >= 11 is 0. The van der Waals surface area contributed by atoms with Crippen LogP contribution in [0.4, 0.5) is 0 Å². The van der Waals surface area contributed by atoms with E-state index in [1.54, 1.807) is 19.3 Å². The van der Waals surface area contributed by atoms with E-state index in [0.29, 0.717) is 6.61 Å². The molecule has 2 rings (SSSR count). The largest absolute Gasteiger partial charge is 0.467 e. The highest BCUT2D eigenvalue weighted by Gasteiger charge is 2.54. The van der Waals surface area contributed by atoms with Crippen molar-refractivity contribution in [3.63, 3.8) is 0 Å². The zero-order valence-corrected chi connectivity index (χ0v) is 15.2. The Hall–Kier alpha value is -1.67. The lowest BCUT2D eigenvalue weighted by Crippen LogP contribution is -2.41. The van der Waals surface area contributed by atoms with E-state index >= 15 is 0 Å². The summed E-state index contributed by atoms with van der Waals surface area (Å²) in [5.74, 6) is -0.677. The van der Waals surface area contributed by atoms with Crippen molar-refractivity contribution >= 4 is 13.1 Å². The smallest absolute Gasteiger partial charge is 0.466 e. The topological polar surface area (TPSA) is 79.8 Å². The van der Waals surface area contributed by atoms with Crippen LogP contribution in [0.15, 0.2) is 12.4 Å². The Bertz CT molecular complexity index is 560. The van der Waals surface area contributed by atoms with Crippen molar-refractivity contribution in [3.05, 3.63) is 18.0 Å². The maximum absolute atomic E-state index is 12.0. The number of hydrogen-bond donors (Lipinski definition) is 0. The number of hydrogen-bond acceptors (Lipinski definition) is 7. The highest BCUT2D eigenvalue weighted by molar-refractivity contribution is 6.48. The van der Waals surface area contributed by atoms with Crippen LogP contribution in [0, 0.1) is 0 Å². The van der Waals surface area contributed by atoms with Crippen LogP contribution in [0.25, 0.3) is 0 Å². The second-order valence-electron chi connectivity index (χ2n) is 6.74. The molecule has 8 heteroatoms. The molecule has 1 aliphatic rings. The molecule has 1 aromatic rings. The Balaban J connectivity index is 2.27. The summed E-state index contributed by atoms with van der Waals surface area (Å²) < 4.78 is 22.3. The summed E-state index contributed by atoms with van der Waals surface area (Å²) in [6.45, 7) is 9.99. The fraction of sp³-hybridized carbons (Fsp3) is 0.688. The number of nitrogens with zero attached hydrogens (tertiary/aromatic N) is 2. The molecule has 1 atom stereocenters. The van der Waals surface area contributed by atoms with Gasteiger partial charge in [-0.05, 0) is 40.2 Å². The zero-order valence-electron chi connectivity index (χ0n) is 15.2. The minimum atomic E-state index is -0.587. The van der Waals surface area contributed by atoms with Gasteiger partial charge in [0.25, 0.3) is 0 Å². The fourth-order valence-corrected chi connectivity index (χ4v) is 2.45. The normalized spacial score (nSPS) is 19.8. The van der Waals surface area contributed by atoms with E-state index in [1.165, 1.54) is 7.11 Å². The average Bonchev–Trinajstić information content (AvgIpc) is 2.73. The van der Waals surface area contributed by atoms with E-state index in [-0.39, 0.29) is 24.2 Å². The summed E-state index contributed by atoms with van der Waals surface area (Å²) in [4.78, 5) is 20.3. The van der Waals surface area contributed by atoms with Gasteiger partial charge in [0.05, 0.1) is 31.3 Å². The molecule has 7 nitrogen and oxygen atoms in total. The molecule has 1 saturated heterocycles. The zero-order chi connectivity index (χ0) is 18.0. The van der Waals surface area contributed by atoms with Crippen LogP contribution in [0.1, 0.15) is 52.4 Å². The standard InChI is InChI=1S/C16H25BN2O5/c1-7-22-13(20)8-12(11-9-18-14(21-6)19-10-11)17-23-15(2,3)16(4,5)24-17/h9-10,12H,7-8H2,1-6H3. The molecular weight excluding hydrogens is 311 g/mol. The molecule has 0 spiro atoms. The predicted molar refractivity (Wildman–Crippen MR) is 88.7 cm³/mol. The molecule has 2 heterocycles. The van der Waals surface area contributed by atoms with Gasteiger partial charge in [0, 0.05) is 18.2 Å². The first kappa shape index (κ1) is 18.7. The Morgan fingerprint density at radius 1 is 1.21 bits per heavy atom. The van der Waals surface area contributed by atoms with Crippen molar-refractivity contribution in [2.75, 3.05) is 13.7 Å². The lowest BCUT2D eigenvalue weighted by Gasteiger charge is -2.32. The first-order valence-corrected chi connectivity index (χ1v) is 8.07. The third kappa shape index (κ3) is 3.87. The van der Waals surface area contributed by atoms with Crippen molar-refractivity contribution in [2.45, 2.75) is 58.1 Å². The summed E-state index contributed by atoms with van der Waals surface area (Å²) in [5, 5.41) is 0. The van der Waals surface area contributed by atoms with Crippen molar-refractivity contribution in [1.82, 2.24) is 9.97 Å². The molecule has 1 unspecified atom stereocenters. The highest BCUT2D eigenvalue weighted by Crippen LogP contribution is 2.41. The quantitative estimate of drug-likeness (QED) is 0.582. The highest BCUT2D eigenvalue weighted by atomic mass is 16.7. The first-order valence-electron chi connectivity index (χ1n) is 8.07. The SMILES string of the molecule is CCOC(=O)CC(B1OC(C)(C)C(C)(C)O1)c1cnc(OC)nc1. The van der Waals surface area contributed by atoms with Crippen molar-refractivity contribution in [2.24, 2.45) is 0 Å². The summed E-state index contributed by atoms with van der Waals surface area (Å²) in [5.41, 5.74) is -0.238. The molecule has 0 aliphatic carbocycles. The van der Waals surface area contributed by atoms with Gasteiger partial charge in [-0.3, -0.25) is 4.79 Å². The molecule has 0 saturated carbocycles. The van der Waals surface area contributed by atoms with Crippen LogP contribution in [0.5, 0.6) is 6.01 Å². The Kier molecular flexibility index (Phi) is 5.50. The summed E-state index contributed by atoms with van der Waals surface area (Å²) in [6.07, 6.45) is 3.38. The number of aromatic nitrogens is 2. The number of esters is 1. The number of methoxy groups -OCH3 is 1. The van der Waals surface area contributed by atoms with E-state index in [4.69, 9.17) is 18.8 Å². The minimum Gasteiger partial charge on any atom is -0.467 e. The Labute approximate surface area is 143 Å². The van der Waals surface area contributed by atoms with Gasteiger partial charge in [-0.15, -0.1) is 0 Å². The fourth-order valence-electron chi connectivity index (χ4n) is 2.45. The van der Waals surface area contributed by atoms with Gasteiger partial charge in [-0.1, -0.05) is 0 Å². The van der Waals surface area contributed by atoms with Crippen molar-refractivity contribution < 1.29 is 23.6 Å². The van der Waals surface area contributed by atoms with Crippen LogP contribution < -0.4 is 4.74 Å². The van der Waals surface area contributed by atoms with E-state index < -0.39 is 18.3 Å². The maximum Gasteiger partial charge on any atom is 0.466 e. The molecule has 1 aliphatic heterocycles. The van der Waals surface area contributed by atoms with Gasteiger partial charge < -0.3 is 18.8 Å². The molecule has 0 aromatic carbocycles. The number of rotatable bonds is 6. The number of ether oxygens (including phenoxy) is 2. The van der Waals surface area contributed by atoms with Crippen LogP contribution in [0.2, 0.25) is 0 Å². The van der Waals surface area contributed by atoms with Gasteiger partial charge in [0.15, 0.2) is 0 Å². The van der Waals surface area contributed by atoms with Crippen molar-refractivity contribution in [3.8, 4) is 6.01 Å². The minimum absolute atomic E-state index is 0.125. The molecule has 24 heavy (non-hydrogen) atoms. The number of carbonyl (C=O) groups excluding carboxylic acids is 1. The molecule has 1 aromatic heterocycles. The van der Waals surface area contributed by atoms with Crippen LogP contribution >= 0.6 is 0 Å². The molecule has 0 radical (unpaired) electrons. The second-order valence-corrected chi connectivity index (χ2v) is 6.74. The van der Waals surface area contributed by atoms with Crippen LogP contribution in [0.3, 0.4) is 0 Å². The summed E-state index contributed by atoms with van der Waals surface area (Å²) in [7, 11) is 0.913. The van der Waals surface area contributed by atoms with E-state index in [1.807, 2.05) is 27.7 Å². The van der Waals surface area contributed by atoms with Crippen molar-refractivity contribution in [1.29, 1.82) is 0 Å². The molecule has 0 bridgehead atoms. The second kappa shape index (κ2) is 7.07. The average molecular weight is 336 g/mol. The third-order valence-corrected chi connectivity index (χ3v) is 4.55. The van der Waals surface area contributed by atoms with E-state index in [9.17, 15) is 4.79 Å². The van der Waals surface area contributed by atoms with Crippen LogP contribution in [-0.4, -0.2) is 48.0 Å². The molecule has 1 fully saturated rings. The van der Waals surface area contributed by atoms with Gasteiger partial charge in [0.1, 0.15) is 0 Å². The Morgan fingerprint density at radius 2 is 1.75 bits per heavy atom. The third-order valence-electron chi connectivity index (χ3n) is 4.55. The van der Waals surface area contributed by atoms with Gasteiger partial charge >= 0.3 is 19.1 Å². The van der Waals surface area contributed by atoms with Gasteiger partial charge in [0.2, 0.25) is 0 Å². The van der Waals surface area contributed by atoms with Crippen LogP contribution in [-0.2, 0) is 18.8 Å². The van der Waals surface area contributed by atoms with Gasteiger partial charge in [-0.2, -0.15) is 0 Å². The van der Waals surface area contributed by atoms with E-state index in [2.05, 4.69) is 9.97 Å². The number of carbonyl (C=O) groups is 1. The molecular formula is C16H25BN2O5. The lowest BCUT2D eigenvalue weighted by molar-refractivity contribution is -0.143. The molecule has 0 amide bonds. The predicted octanol–water partition coefficient (Wildman–Crippen LogP) is 2.15. The maximum atomic E-state index is 12.0. The lowest BCUT2D eigenvalue weighted by atomic mass is 9.67. The van der Waals surface area contributed by atoms with E-state index in [0.717, 1.165) is 5.56 Å². The van der Waals surface area contributed by atoms with Gasteiger partial charge in [-0.25, -0.2) is 9.97 Å². The molecule has 0 N–H and O–H groups in total. The summed E-state index contributed by atoms with van der Waals surface area (Å²) in [6, 6.07) is 0.266. The monoisotopic (exact) mass is 336 g/mol. The molecule has 132 valence electrons. The first-order chi connectivity index (χ1) is 11.2.